The lowest BCUT2D eigenvalue weighted by atomic mass is 10.1. The van der Waals surface area contributed by atoms with Crippen LogP contribution in [0.1, 0.15) is 15.9 Å². The SMILES string of the molecule is COc1ccc(C(=O)N2CC[NH+]=C2c2ccccc2)cc1OC. The van der Waals surface area contributed by atoms with Crippen molar-refractivity contribution in [3.63, 3.8) is 0 Å². The summed E-state index contributed by atoms with van der Waals surface area (Å²) in [5.41, 5.74) is 1.57. The van der Waals surface area contributed by atoms with Gasteiger partial charge in [0.25, 0.3) is 5.84 Å². The van der Waals surface area contributed by atoms with Crippen molar-refractivity contribution in [2.45, 2.75) is 0 Å². The Kier molecular flexibility index (Phi) is 4.28. The van der Waals surface area contributed by atoms with Crippen LogP contribution in [0.3, 0.4) is 0 Å². The molecule has 1 N–H and O–H groups in total. The zero-order valence-electron chi connectivity index (χ0n) is 13.2. The van der Waals surface area contributed by atoms with E-state index in [9.17, 15) is 4.79 Å². The minimum Gasteiger partial charge on any atom is -0.493 e. The first kappa shape index (κ1) is 15.1. The van der Waals surface area contributed by atoms with Gasteiger partial charge in [0.1, 0.15) is 13.1 Å². The Morgan fingerprint density at radius 2 is 1.78 bits per heavy atom. The van der Waals surface area contributed by atoms with E-state index in [0.29, 0.717) is 23.6 Å². The number of carbonyl (C=O) groups excluding carboxylic acids is 1. The molecule has 1 aliphatic heterocycles. The van der Waals surface area contributed by atoms with E-state index in [1.807, 2.05) is 30.3 Å². The predicted molar refractivity (Wildman–Crippen MR) is 87.0 cm³/mol. The summed E-state index contributed by atoms with van der Waals surface area (Å²) in [4.78, 5) is 17.9. The van der Waals surface area contributed by atoms with Crippen molar-refractivity contribution in [2.24, 2.45) is 0 Å². The summed E-state index contributed by atoms with van der Waals surface area (Å²) in [6.07, 6.45) is 0. The predicted octanol–water partition coefficient (Wildman–Crippen LogP) is 0.687. The van der Waals surface area contributed by atoms with Crippen LogP contribution in [0.25, 0.3) is 0 Å². The van der Waals surface area contributed by atoms with Gasteiger partial charge in [-0.3, -0.25) is 4.99 Å². The second-order valence-electron chi connectivity index (χ2n) is 5.17. The maximum Gasteiger partial charge on any atom is 0.341 e. The molecule has 0 aliphatic carbocycles. The zero-order chi connectivity index (χ0) is 16.2. The van der Waals surface area contributed by atoms with E-state index in [4.69, 9.17) is 9.47 Å². The number of amidine groups is 1. The number of ether oxygens (including phenoxy) is 2. The number of rotatable bonds is 4. The van der Waals surface area contributed by atoms with Crippen molar-refractivity contribution >= 4 is 11.7 Å². The van der Waals surface area contributed by atoms with Crippen LogP contribution in [0.5, 0.6) is 11.5 Å². The van der Waals surface area contributed by atoms with Gasteiger partial charge in [-0.15, -0.1) is 0 Å². The third-order valence-corrected chi connectivity index (χ3v) is 3.82. The summed E-state index contributed by atoms with van der Waals surface area (Å²) < 4.78 is 10.5. The fourth-order valence-corrected chi connectivity index (χ4v) is 2.68. The Bertz CT molecular complexity index is 741. The third-order valence-electron chi connectivity index (χ3n) is 3.82. The minimum atomic E-state index is -0.0604. The van der Waals surface area contributed by atoms with Crippen LogP contribution in [0.15, 0.2) is 48.5 Å². The fraction of sp³-hybridized carbons (Fsp3) is 0.222. The lowest BCUT2D eigenvalue weighted by molar-refractivity contribution is -0.444. The van der Waals surface area contributed by atoms with Crippen molar-refractivity contribution in [1.82, 2.24) is 4.90 Å². The molecule has 0 unspecified atom stereocenters. The van der Waals surface area contributed by atoms with Crippen LogP contribution in [0, 0.1) is 0 Å². The van der Waals surface area contributed by atoms with Crippen LogP contribution in [-0.4, -0.2) is 44.0 Å². The largest absolute Gasteiger partial charge is 0.493 e. The van der Waals surface area contributed by atoms with E-state index in [0.717, 1.165) is 17.9 Å². The molecule has 0 saturated heterocycles. The second-order valence-corrected chi connectivity index (χ2v) is 5.17. The quantitative estimate of drug-likeness (QED) is 0.904. The van der Waals surface area contributed by atoms with Crippen LogP contribution < -0.4 is 14.5 Å². The molecular formula is C18H19N2O3+. The lowest BCUT2D eigenvalue weighted by Gasteiger charge is -2.13. The van der Waals surface area contributed by atoms with Crippen molar-refractivity contribution in [3.8, 4) is 11.5 Å². The topological polar surface area (TPSA) is 52.7 Å². The van der Waals surface area contributed by atoms with Gasteiger partial charge >= 0.3 is 5.91 Å². The van der Waals surface area contributed by atoms with Gasteiger partial charge in [0, 0.05) is 0 Å². The molecule has 0 bridgehead atoms. The number of amides is 1. The molecule has 0 fully saturated rings. The van der Waals surface area contributed by atoms with Crippen LogP contribution in [-0.2, 0) is 0 Å². The number of carbonyl (C=O) groups is 1. The summed E-state index contributed by atoms with van der Waals surface area (Å²) in [6, 6.07) is 15.1. The number of hydrogen-bond acceptors (Lipinski definition) is 3. The number of benzene rings is 2. The maximum absolute atomic E-state index is 12.9. The Balaban J connectivity index is 1.90. The first-order valence-electron chi connectivity index (χ1n) is 7.44. The minimum absolute atomic E-state index is 0.0604. The molecule has 5 heteroatoms. The molecule has 118 valence electrons. The summed E-state index contributed by atoms with van der Waals surface area (Å²) in [5.74, 6) is 1.93. The van der Waals surface area contributed by atoms with E-state index in [1.54, 1.807) is 37.3 Å². The third kappa shape index (κ3) is 2.90. The van der Waals surface area contributed by atoms with Crippen LogP contribution in [0.2, 0.25) is 0 Å². The fourth-order valence-electron chi connectivity index (χ4n) is 2.68. The van der Waals surface area contributed by atoms with Gasteiger partial charge in [0.05, 0.1) is 25.3 Å². The van der Waals surface area contributed by atoms with Gasteiger partial charge in [0.2, 0.25) is 0 Å². The maximum atomic E-state index is 12.9. The van der Waals surface area contributed by atoms with Crippen LogP contribution in [0.4, 0.5) is 0 Å². The summed E-state index contributed by atoms with van der Waals surface area (Å²) >= 11 is 0. The lowest BCUT2D eigenvalue weighted by Crippen LogP contribution is -2.71. The smallest absolute Gasteiger partial charge is 0.341 e. The average Bonchev–Trinajstić information content (AvgIpc) is 3.11. The van der Waals surface area contributed by atoms with Crippen molar-refractivity contribution in [2.75, 3.05) is 27.3 Å². The molecule has 0 spiro atoms. The summed E-state index contributed by atoms with van der Waals surface area (Å²) in [6.45, 7) is 1.38. The molecule has 2 aromatic rings. The van der Waals surface area contributed by atoms with Crippen LogP contribution >= 0.6 is 0 Å². The Labute approximate surface area is 135 Å². The first-order chi connectivity index (χ1) is 11.2. The average molecular weight is 311 g/mol. The molecule has 1 heterocycles. The number of methoxy groups -OCH3 is 2. The highest BCUT2D eigenvalue weighted by Gasteiger charge is 2.34. The molecule has 0 atom stereocenters. The second kappa shape index (κ2) is 6.52. The van der Waals surface area contributed by atoms with Crippen molar-refractivity contribution in [3.05, 3.63) is 59.7 Å². The molecule has 0 radical (unpaired) electrons. The monoisotopic (exact) mass is 311 g/mol. The number of nitrogens with one attached hydrogen (secondary N) is 1. The van der Waals surface area contributed by atoms with Gasteiger partial charge in [0.15, 0.2) is 11.5 Å². The summed E-state index contributed by atoms with van der Waals surface area (Å²) in [5, 5.41) is 0. The normalized spacial score (nSPS) is 13.7. The van der Waals surface area contributed by atoms with Gasteiger partial charge < -0.3 is 9.47 Å². The number of nitrogens with zero attached hydrogens (tertiary/aromatic N) is 1. The van der Waals surface area contributed by atoms with E-state index < -0.39 is 0 Å². The molecule has 5 nitrogen and oxygen atoms in total. The Hall–Kier alpha value is -2.82. The van der Waals surface area contributed by atoms with E-state index in [2.05, 4.69) is 4.99 Å². The Morgan fingerprint density at radius 3 is 2.48 bits per heavy atom. The van der Waals surface area contributed by atoms with Gasteiger partial charge in [-0.1, -0.05) is 18.2 Å². The Morgan fingerprint density at radius 1 is 1.04 bits per heavy atom. The highest BCUT2D eigenvalue weighted by atomic mass is 16.5. The van der Waals surface area contributed by atoms with Crippen molar-refractivity contribution < 1.29 is 19.3 Å². The highest BCUT2D eigenvalue weighted by molar-refractivity contribution is 6.11. The molecule has 3 rings (SSSR count). The van der Waals surface area contributed by atoms with E-state index in [-0.39, 0.29) is 5.91 Å². The van der Waals surface area contributed by atoms with Gasteiger partial charge in [-0.05, 0) is 30.3 Å². The van der Waals surface area contributed by atoms with Crippen molar-refractivity contribution in [1.29, 1.82) is 0 Å². The van der Waals surface area contributed by atoms with Gasteiger partial charge in [-0.25, -0.2) is 4.79 Å². The molecule has 2 aromatic carbocycles. The highest BCUT2D eigenvalue weighted by Crippen LogP contribution is 2.28. The summed E-state index contributed by atoms with van der Waals surface area (Å²) in [7, 11) is 3.13. The van der Waals surface area contributed by atoms with E-state index >= 15 is 0 Å². The first-order valence-corrected chi connectivity index (χ1v) is 7.44. The number of hydrogen-bond donors (Lipinski definition) is 1. The molecule has 23 heavy (non-hydrogen) atoms. The zero-order valence-corrected chi connectivity index (χ0v) is 13.2. The van der Waals surface area contributed by atoms with E-state index in [1.165, 1.54) is 0 Å². The molecule has 1 amide bonds. The standard InChI is InChI=1S/C18H18N2O3/c1-22-15-9-8-14(12-16(15)23-2)18(21)20-11-10-19-17(20)13-6-4-3-5-7-13/h3-9,12H,10-11H2,1-2H3/p+1. The molecule has 1 aliphatic rings. The molecule has 0 saturated carbocycles. The van der Waals surface area contributed by atoms with Gasteiger partial charge in [-0.2, -0.15) is 4.90 Å². The molecule has 0 aromatic heterocycles. The molecular weight excluding hydrogens is 292 g/mol.